The van der Waals surface area contributed by atoms with Crippen LogP contribution in [0, 0.1) is 0 Å². The number of carbonyl (C=O) groups excluding carboxylic acids is 2. The zero-order valence-electron chi connectivity index (χ0n) is 20.8. The van der Waals surface area contributed by atoms with Gasteiger partial charge in [0.2, 0.25) is 5.91 Å². The van der Waals surface area contributed by atoms with Gasteiger partial charge in [-0.3, -0.25) is 9.59 Å². The summed E-state index contributed by atoms with van der Waals surface area (Å²) in [6.45, 7) is 10.7. The van der Waals surface area contributed by atoms with Crippen LogP contribution in [0.15, 0.2) is 42.5 Å². The second-order valence-electron chi connectivity index (χ2n) is 9.33. The fourth-order valence-electron chi connectivity index (χ4n) is 3.71. The number of para-hydroxylation sites is 1. The van der Waals surface area contributed by atoms with Crippen LogP contribution in [0.2, 0.25) is 10.0 Å². The van der Waals surface area contributed by atoms with Crippen molar-refractivity contribution in [2.24, 2.45) is 0 Å². The minimum absolute atomic E-state index is 0.112. The first-order chi connectivity index (χ1) is 16.1. The number of nitrogens with one attached hydrogen (secondary N) is 1. The van der Waals surface area contributed by atoms with Crippen LogP contribution in [0.25, 0.3) is 0 Å². The third-order valence-electron chi connectivity index (χ3n) is 5.65. The molecule has 34 heavy (non-hydrogen) atoms. The SMILES string of the molecule is CCCCNC(=O)C(CC)N(Cc1c(Cl)cccc1Cl)C(=O)COc1ccccc1C(C)(C)C. The van der Waals surface area contributed by atoms with E-state index in [2.05, 4.69) is 33.0 Å². The van der Waals surface area contributed by atoms with Gasteiger partial charge in [-0.1, -0.05) is 88.5 Å². The van der Waals surface area contributed by atoms with Gasteiger partial charge in [0.15, 0.2) is 6.61 Å². The number of amides is 2. The highest BCUT2D eigenvalue weighted by atomic mass is 35.5. The summed E-state index contributed by atoms with van der Waals surface area (Å²) < 4.78 is 5.99. The molecule has 0 spiro atoms. The molecule has 0 bridgehead atoms. The summed E-state index contributed by atoms with van der Waals surface area (Å²) in [6, 6.07) is 12.2. The van der Waals surface area contributed by atoms with Gasteiger partial charge >= 0.3 is 0 Å². The highest BCUT2D eigenvalue weighted by Crippen LogP contribution is 2.31. The third kappa shape index (κ3) is 7.64. The van der Waals surface area contributed by atoms with Gasteiger partial charge in [0.25, 0.3) is 5.91 Å². The van der Waals surface area contributed by atoms with Gasteiger partial charge in [0.05, 0.1) is 0 Å². The van der Waals surface area contributed by atoms with Gasteiger partial charge in [-0.15, -0.1) is 0 Å². The van der Waals surface area contributed by atoms with E-state index in [1.165, 1.54) is 4.90 Å². The fraction of sp³-hybridized carbons (Fsp3) is 0.481. The topological polar surface area (TPSA) is 58.6 Å². The molecule has 5 nitrogen and oxygen atoms in total. The Balaban J connectivity index is 2.31. The average molecular weight is 508 g/mol. The Morgan fingerprint density at radius 2 is 1.68 bits per heavy atom. The van der Waals surface area contributed by atoms with E-state index >= 15 is 0 Å². The van der Waals surface area contributed by atoms with Crippen LogP contribution < -0.4 is 10.1 Å². The molecule has 2 aromatic carbocycles. The van der Waals surface area contributed by atoms with Crippen molar-refractivity contribution >= 4 is 35.0 Å². The first kappa shape index (κ1) is 28.0. The second kappa shape index (κ2) is 13.0. The smallest absolute Gasteiger partial charge is 0.261 e. The molecule has 7 heteroatoms. The Hall–Kier alpha value is -2.24. The Morgan fingerprint density at radius 1 is 1.03 bits per heavy atom. The summed E-state index contributed by atoms with van der Waals surface area (Å²) in [4.78, 5) is 28.0. The molecule has 0 radical (unpaired) electrons. The summed E-state index contributed by atoms with van der Waals surface area (Å²) in [6.07, 6.45) is 2.29. The fourth-order valence-corrected chi connectivity index (χ4v) is 4.23. The quantitative estimate of drug-likeness (QED) is 0.359. The van der Waals surface area contributed by atoms with Gasteiger partial charge in [-0.2, -0.15) is 0 Å². The predicted molar refractivity (Wildman–Crippen MR) is 140 cm³/mol. The number of benzene rings is 2. The molecule has 0 aliphatic rings. The number of carbonyl (C=O) groups is 2. The maximum atomic E-state index is 13.5. The molecule has 2 rings (SSSR count). The molecule has 2 aromatic rings. The summed E-state index contributed by atoms with van der Waals surface area (Å²) in [5, 5.41) is 3.85. The van der Waals surface area contributed by atoms with Crippen molar-refractivity contribution < 1.29 is 14.3 Å². The molecule has 186 valence electrons. The number of unbranched alkanes of at least 4 members (excludes halogenated alkanes) is 1. The van der Waals surface area contributed by atoms with Crippen molar-refractivity contribution in [3.63, 3.8) is 0 Å². The van der Waals surface area contributed by atoms with Crippen molar-refractivity contribution in [1.82, 2.24) is 10.2 Å². The molecule has 1 N–H and O–H groups in total. The lowest BCUT2D eigenvalue weighted by Gasteiger charge is -2.31. The van der Waals surface area contributed by atoms with Crippen molar-refractivity contribution in [1.29, 1.82) is 0 Å². The van der Waals surface area contributed by atoms with Gasteiger partial charge in [-0.25, -0.2) is 0 Å². The van der Waals surface area contributed by atoms with Crippen LogP contribution in [-0.2, 0) is 21.5 Å². The lowest BCUT2D eigenvalue weighted by atomic mass is 9.86. The largest absolute Gasteiger partial charge is 0.483 e. The Bertz CT molecular complexity index is 952. The number of ether oxygens (including phenoxy) is 1. The van der Waals surface area contributed by atoms with Crippen molar-refractivity contribution in [2.75, 3.05) is 13.2 Å². The molecule has 0 aliphatic heterocycles. The molecule has 0 saturated heterocycles. The minimum Gasteiger partial charge on any atom is -0.483 e. The van der Waals surface area contributed by atoms with Crippen LogP contribution in [-0.4, -0.2) is 35.9 Å². The van der Waals surface area contributed by atoms with Crippen LogP contribution >= 0.6 is 23.2 Å². The summed E-state index contributed by atoms with van der Waals surface area (Å²) >= 11 is 12.8. The Kier molecular flexibility index (Phi) is 10.7. The van der Waals surface area contributed by atoms with Crippen LogP contribution in [0.1, 0.15) is 65.0 Å². The molecule has 0 aliphatic carbocycles. The van der Waals surface area contributed by atoms with E-state index in [1.807, 2.05) is 31.2 Å². The molecule has 1 unspecified atom stereocenters. The highest BCUT2D eigenvalue weighted by Gasteiger charge is 2.30. The summed E-state index contributed by atoms with van der Waals surface area (Å²) in [5.74, 6) is 0.152. The van der Waals surface area contributed by atoms with E-state index in [4.69, 9.17) is 27.9 Å². The lowest BCUT2D eigenvalue weighted by Crippen LogP contribution is -2.50. The van der Waals surface area contributed by atoms with Gasteiger partial charge in [0.1, 0.15) is 11.8 Å². The van der Waals surface area contributed by atoms with Gasteiger partial charge in [-0.05, 0) is 42.0 Å². The number of nitrogens with zero attached hydrogens (tertiary/aromatic N) is 1. The van der Waals surface area contributed by atoms with Crippen molar-refractivity contribution in [3.05, 3.63) is 63.6 Å². The van der Waals surface area contributed by atoms with E-state index in [9.17, 15) is 9.59 Å². The Labute approximate surface area is 213 Å². The molecule has 1 atom stereocenters. The maximum Gasteiger partial charge on any atom is 0.261 e. The van der Waals surface area contributed by atoms with E-state index < -0.39 is 6.04 Å². The normalized spacial score (nSPS) is 12.2. The first-order valence-corrected chi connectivity index (χ1v) is 12.6. The Morgan fingerprint density at radius 3 is 2.26 bits per heavy atom. The van der Waals surface area contributed by atoms with Crippen LogP contribution in [0.3, 0.4) is 0 Å². The zero-order chi connectivity index (χ0) is 25.3. The molecular formula is C27H36Cl2N2O3. The highest BCUT2D eigenvalue weighted by molar-refractivity contribution is 6.36. The lowest BCUT2D eigenvalue weighted by molar-refractivity contribution is -0.143. The summed E-state index contributed by atoms with van der Waals surface area (Å²) in [5.41, 5.74) is 1.47. The monoisotopic (exact) mass is 506 g/mol. The summed E-state index contributed by atoms with van der Waals surface area (Å²) in [7, 11) is 0. The molecule has 2 amide bonds. The zero-order valence-corrected chi connectivity index (χ0v) is 22.3. The minimum atomic E-state index is -0.668. The number of hydrogen-bond donors (Lipinski definition) is 1. The predicted octanol–water partition coefficient (Wildman–Crippen LogP) is 6.39. The van der Waals surface area contributed by atoms with Crippen molar-refractivity contribution in [3.8, 4) is 5.75 Å². The van der Waals surface area contributed by atoms with Gasteiger partial charge in [0, 0.05) is 28.7 Å². The molecule has 0 saturated carbocycles. The maximum absolute atomic E-state index is 13.5. The number of rotatable bonds is 11. The third-order valence-corrected chi connectivity index (χ3v) is 6.36. The number of halogens is 2. The van der Waals surface area contributed by atoms with E-state index in [-0.39, 0.29) is 30.4 Å². The standard InChI is InChI=1S/C27H36Cl2N2O3/c1-6-8-16-30-26(33)23(7-2)31(17-19-21(28)13-11-14-22(19)29)25(32)18-34-24-15-10-9-12-20(24)27(3,4)5/h9-15,23H,6-8,16-18H2,1-5H3,(H,30,33). The molecule has 0 heterocycles. The molecular weight excluding hydrogens is 471 g/mol. The van der Waals surface area contributed by atoms with E-state index in [1.54, 1.807) is 18.2 Å². The van der Waals surface area contributed by atoms with Crippen LogP contribution in [0.4, 0.5) is 0 Å². The second-order valence-corrected chi connectivity index (χ2v) is 10.1. The van der Waals surface area contributed by atoms with Gasteiger partial charge < -0.3 is 15.0 Å². The molecule has 0 aromatic heterocycles. The number of hydrogen-bond acceptors (Lipinski definition) is 3. The van der Waals surface area contributed by atoms with E-state index in [0.717, 1.165) is 18.4 Å². The van der Waals surface area contributed by atoms with Crippen molar-refractivity contribution in [2.45, 2.75) is 71.9 Å². The van der Waals surface area contributed by atoms with E-state index in [0.29, 0.717) is 34.3 Å². The van der Waals surface area contributed by atoms with Crippen LogP contribution in [0.5, 0.6) is 5.75 Å². The average Bonchev–Trinajstić information content (AvgIpc) is 2.79. The molecule has 0 fully saturated rings. The first-order valence-electron chi connectivity index (χ1n) is 11.8.